The van der Waals surface area contributed by atoms with Gasteiger partial charge in [-0.15, -0.1) is 0 Å². The first-order valence-electron chi connectivity index (χ1n) is 8.07. The number of aromatic nitrogens is 1. The zero-order valence-electron chi connectivity index (χ0n) is 14.4. The van der Waals surface area contributed by atoms with Gasteiger partial charge in [-0.1, -0.05) is 41.9 Å². The molecule has 0 saturated heterocycles. The summed E-state index contributed by atoms with van der Waals surface area (Å²) in [5, 5.41) is 0.670. The lowest BCUT2D eigenvalue weighted by atomic mass is 10.1. The number of Topliss-reactive ketones (excluding diaryl/α,β-unsaturated/α-hetero) is 1. The van der Waals surface area contributed by atoms with Gasteiger partial charge in [0, 0.05) is 22.7 Å². The van der Waals surface area contributed by atoms with E-state index in [4.69, 9.17) is 16.3 Å². The molecule has 0 aliphatic carbocycles. The number of aryl methyl sites for hydroxylation is 1. The number of benzene rings is 2. The summed E-state index contributed by atoms with van der Waals surface area (Å²) in [4.78, 5) is 12.4. The fraction of sp³-hybridized carbons (Fsp3) is 0.143. The van der Waals surface area contributed by atoms with E-state index in [9.17, 15) is 4.79 Å². The van der Waals surface area contributed by atoms with Crippen molar-refractivity contribution in [2.45, 2.75) is 20.1 Å². The van der Waals surface area contributed by atoms with Gasteiger partial charge in [0.15, 0.2) is 12.4 Å². The summed E-state index contributed by atoms with van der Waals surface area (Å²) in [6.45, 7) is 2.69. The number of hydrogen-bond donors (Lipinski definition) is 0. The first kappa shape index (κ1) is 20.1. The minimum Gasteiger partial charge on any atom is -1.00 e. The van der Waals surface area contributed by atoms with Gasteiger partial charge in [0.25, 0.3) is 0 Å². The van der Waals surface area contributed by atoms with Crippen molar-refractivity contribution >= 4 is 17.4 Å². The quantitative estimate of drug-likeness (QED) is 0.435. The van der Waals surface area contributed by atoms with E-state index < -0.39 is 0 Å². The van der Waals surface area contributed by atoms with Crippen LogP contribution in [0.25, 0.3) is 0 Å². The molecule has 134 valence electrons. The Labute approximate surface area is 169 Å². The first-order chi connectivity index (χ1) is 12.1. The summed E-state index contributed by atoms with van der Waals surface area (Å²) in [5.74, 6) is 0.817. The molecule has 0 atom stereocenters. The van der Waals surface area contributed by atoms with Gasteiger partial charge in [-0.25, -0.2) is 0 Å². The second-order valence-corrected chi connectivity index (χ2v) is 6.27. The molecule has 3 rings (SSSR count). The van der Waals surface area contributed by atoms with Crippen LogP contribution < -0.4 is 26.3 Å². The molecule has 0 radical (unpaired) electrons. The summed E-state index contributed by atoms with van der Waals surface area (Å²) >= 11 is 6.01. The molecule has 0 unspecified atom stereocenters. The number of carbonyl (C=O) groups is 1. The molecule has 0 bridgehead atoms. The van der Waals surface area contributed by atoms with E-state index in [0.717, 1.165) is 16.9 Å². The highest BCUT2D eigenvalue weighted by Gasteiger charge is 2.13. The molecule has 26 heavy (non-hydrogen) atoms. The Balaban J connectivity index is 0.00000243. The molecular formula is C21H19BrClNO2. The lowest BCUT2D eigenvalue weighted by Gasteiger charge is -2.05. The topological polar surface area (TPSA) is 30.2 Å². The summed E-state index contributed by atoms with van der Waals surface area (Å²) in [6.07, 6.45) is 3.70. The number of nitrogens with zero attached hydrogens (tertiary/aromatic N) is 1. The number of rotatable bonds is 6. The van der Waals surface area contributed by atoms with E-state index in [1.54, 1.807) is 12.1 Å². The van der Waals surface area contributed by atoms with Gasteiger partial charge in [-0.05, 0) is 36.2 Å². The summed E-state index contributed by atoms with van der Waals surface area (Å²) < 4.78 is 7.59. The van der Waals surface area contributed by atoms with Crippen LogP contribution in [0.5, 0.6) is 5.75 Å². The van der Waals surface area contributed by atoms with Crippen molar-refractivity contribution in [3.8, 4) is 5.75 Å². The summed E-state index contributed by atoms with van der Waals surface area (Å²) in [6, 6.07) is 19.1. The van der Waals surface area contributed by atoms with Crippen molar-refractivity contribution in [1.82, 2.24) is 0 Å². The Morgan fingerprint density at radius 3 is 2.38 bits per heavy atom. The van der Waals surface area contributed by atoms with Gasteiger partial charge in [0.1, 0.15) is 12.4 Å². The maximum Gasteiger partial charge on any atom is 0.227 e. The SMILES string of the molecule is Cc1cc(C(=O)C[n+]2ccc(OCc3ccccc3)cc2)ccc1Cl.[Br-]. The second kappa shape index (κ2) is 9.51. The van der Waals surface area contributed by atoms with Gasteiger partial charge in [-0.2, -0.15) is 4.57 Å². The average molecular weight is 433 g/mol. The Morgan fingerprint density at radius 1 is 1.04 bits per heavy atom. The van der Waals surface area contributed by atoms with Crippen LogP contribution in [0.3, 0.4) is 0 Å². The number of ketones is 1. The van der Waals surface area contributed by atoms with Gasteiger partial charge in [0.05, 0.1) is 0 Å². The fourth-order valence-electron chi connectivity index (χ4n) is 2.46. The third-order valence-electron chi connectivity index (χ3n) is 3.91. The van der Waals surface area contributed by atoms with Crippen LogP contribution in [0.2, 0.25) is 5.02 Å². The lowest BCUT2D eigenvalue weighted by Crippen LogP contribution is -3.00. The molecule has 5 heteroatoms. The Morgan fingerprint density at radius 2 is 1.73 bits per heavy atom. The number of ether oxygens (including phenoxy) is 1. The van der Waals surface area contributed by atoms with Gasteiger partial charge >= 0.3 is 0 Å². The van der Waals surface area contributed by atoms with E-state index in [0.29, 0.717) is 17.2 Å². The third-order valence-corrected chi connectivity index (χ3v) is 4.34. The van der Waals surface area contributed by atoms with Crippen LogP contribution in [-0.4, -0.2) is 5.78 Å². The van der Waals surface area contributed by atoms with Gasteiger partial charge in [0.2, 0.25) is 12.3 Å². The molecule has 2 aromatic carbocycles. The number of pyridine rings is 1. The van der Waals surface area contributed by atoms with Crippen molar-refractivity contribution in [3.63, 3.8) is 0 Å². The van der Waals surface area contributed by atoms with Crippen molar-refractivity contribution in [1.29, 1.82) is 0 Å². The van der Waals surface area contributed by atoms with E-state index >= 15 is 0 Å². The number of halogens is 2. The normalized spacial score (nSPS) is 10.1. The maximum absolute atomic E-state index is 12.4. The predicted molar refractivity (Wildman–Crippen MR) is 97.9 cm³/mol. The highest BCUT2D eigenvalue weighted by Crippen LogP contribution is 2.16. The van der Waals surface area contributed by atoms with E-state index in [1.165, 1.54) is 0 Å². The molecule has 0 N–H and O–H groups in total. The Hall–Kier alpha value is -2.17. The standard InChI is InChI=1S/C21H19ClNO2.BrH/c1-16-13-18(7-8-20(16)22)21(24)14-23-11-9-19(10-12-23)25-15-17-5-3-2-4-6-17;/h2-13H,14-15H2,1H3;1H/q+1;/p-1. The third kappa shape index (κ3) is 5.41. The molecule has 0 saturated carbocycles. The molecular weight excluding hydrogens is 414 g/mol. The molecule has 1 aromatic heterocycles. The fourth-order valence-corrected chi connectivity index (χ4v) is 2.58. The van der Waals surface area contributed by atoms with Crippen molar-refractivity contribution in [2.75, 3.05) is 0 Å². The van der Waals surface area contributed by atoms with Crippen LogP contribution >= 0.6 is 11.6 Å². The van der Waals surface area contributed by atoms with Gasteiger partial charge in [-0.3, -0.25) is 4.79 Å². The van der Waals surface area contributed by atoms with Crippen LogP contribution in [0.15, 0.2) is 73.1 Å². The molecule has 0 aliphatic heterocycles. The highest BCUT2D eigenvalue weighted by atomic mass is 79.9. The second-order valence-electron chi connectivity index (χ2n) is 5.87. The zero-order valence-corrected chi connectivity index (χ0v) is 16.7. The first-order valence-corrected chi connectivity index (χ1v) is 8.45. The van der Waals surface area contributed by atoms with Crippen molar-refractivity contribution < 1.29 is 31.1 Å². The van der Waals surface area contributed by atoms with Crippen molar-refractivity contribution in [2.24, 2.45) is 0 Å². The molecule has 1 heterocycles. The van der Waals surface area contributed by atoms with E-state index in [2.05, 4.69) is 0 Å². The average Bonchev–Trinajstić information content (AvgIpc) is 2.64. The monoisotopic (exact) mass is 431 g/mol. The molecule has 3 aromatic rings. The number of carbonyl (C=O) groups excluding carboxylic acids is 1. The zero-order chi connectivity index (χ0) is 17.6. The molecule has 3 nitrogen and oxygen atoms in total. The lowest BCUT2D eigenvalue weighted by molar-refractivity contribution is -0.683. The van der Waals surface area contributed by atoms with Crippen LogP contribution in [0.1, 0.15) is 21.5 Å². The minimum atomic E-state index is 0. The van der Waals surface area contributed by atoms with Gasteiger partial charge < -0.3 is 21.7 Å². The van der Waals surface area contributed by atoms with E-state index in [1.807, 2.05) is 72.4 Å². The summed E-state index contributed by atoms with van der Waals surface area (Å²) in [5.41, 5.74) is 2.69. The van der Waals surface area contributed by atoms with Crippen LogP contribution in [0.4, 0.5) is 0 Å². The molecule has 0 amide bonds. The number of hydrogen-bond acceptors (Lipinski definition) is 2. The van der Waals surface area contributed by atoms with Crippen molar-refractivity contribution in [3.05, 3.63) is 94.8 Å². The largest absolute Gasteiger partial charge is 1.00 e. The van der Waals surface area contributed by atoms with E-state index in [-0.39, 0.29) is 29.3 Å². The maximum atomic E-state index is 12.4. The summed E-state index contributed by atoms with van der Waals surface area (Å²) in [7, 11) is 0. The Bertz CT molecular complexity index is 867. The molecule has 0 spiro atoms. The minimum absolute atomic E-state index is 0. The highest BCUT2D eigenvalue weighted by molar-refractivity contribution is 6.31. The Kier molecular flexibility index (Phi) is 7.37. The van der Waals surface area contributed by atoms with Crippen LogP contribution in [0, 0.1) is 6.92 Å². The van der Waals surface area contributed by atoms with Crippen LogP contribution in [-0.2, 0) is 13.2 Å². The predicted octanol–water partition coefficient (Wildman–Crippen LogP) is 1.40. The molecule has 0 fully saturated rings. The molecule has 0 aliphatic rings. The smallest absolute Gasteiger partial charge is 0.227 e.